The van der Waals surface area contributed by atoms with Crippen LogP contribution in [0.4, 0.5) is 5.69 Å². The van der Waals surface area contributed by atoms with Crippen molar-refractivity contribution in [2.45, 2.75) is 38.8 Å². The predicted molar refractivity (Wildman–Crippen MR) is 122 cm³/mol. The zero-order valence-electron chi connectivity index (χ0n) is 18.2. The summed E-state index contributed by atoms with van der Waals surface area (Å²) in [5.41, 5.74) is 1.25. The molecule has 31 heavy (non-hydrogen) atoms. The fraction of sp³-hybridized carbons (Fsp3) is 0.409. The number of halogens is 1. The van der Waals surface area contributed by atoms with Crippen LogP contribution in [0.2, 0.25) is 5.02 Å². The van der Waals surface area contributed by atoms with Crippen molar-refractivity contribution in [2.75, 3.05) is 24.2 Å². The number of hydrogen-bond donors (Lipinski definition) is 1. The molecule has 0 aromatic heterocycles. The molecule has 1 aliphatic heterocycles. The Morgan fingerprint density at radius 2 is 2.03 bits per heavy atom. The first kappa shape index (κ1) is 23.2. The van der Waals surface area contributed by atoms with Gasteiger partial charge in [-0.15, -0.1) is 0 Å². The van der Waals surface area contributed by atoms with Crippen molar-refractivity contribution in [3.05, 3.63) is 52.5 Å². The molecular weight excluding hydrogens is 440 g/mol. The number of nitrogens with one attached hydrogen (secondary N) is 1. The Balaban J connectivity index is 1.89. The number of anilines is 1. The van der Waals surface area contributed by atoms with Gasteiger partial charge < -0.3 is 14.8 Å². The molecule has 168 valence electrons. The molecule has 7 nitrogen and oxygen atoms in total. The van der Waals surface area contributed by atoms with Crippen LogP contribution in [0.1, 0.15) is 37.4 Å². The van der Waals surface area contributed by atoms with E-state index >= 15 is 0 Å². The van der Waals surface area contributed by atoms with Gasteiger partial charge in [-0.25, -0.2) is 8.42 Å². The Morgan fingerprint density at radius 1 is 1.32 bits per heavy atom. The van der Waals surface area contributed by atoms with Crippen molar-refractivity contribution >= 4 is 33.2 Å². The molecule has 1 unspecified atom stereocenters. The molecule has 0 saturated heterocycles. The fourth-order valence-electron chi connectivity index (χ4n) is 3.71. The molecule has 0 saturated carbocycles. The number of amides is 1. The number of hydrogen-bond acceptors (Lipinski definition) is 5. The van der Waals surface area contributed by atoms with Crippen LogP contribution in [-0.2, 0) is 14.8 Å². The topological polar surface area (TPSA) is 84.9 Å². The van der Waals surface area contributed by atoms with Crippen molar-refractivity contribution < 1.29 is 22.7 Å². The van der Waals surface area contributed by atoms with Crippen LogP contribution < -0.4 is 19.1 Å². The van der Waals surface area contributed by atoms with Gasteiger partial charge in [-0.2, -0.15) is 0 Å². The number of methoxy groups -OCH3 is 1. The van der Waals surface area contributed by atoms with E-state index in [4.69, 9.17) is 21.1 Å². The number of rotatable bonds is 6. The third-order valence-electron chi connectivity index (χ3n) is 5.20. The Hall–Kier alpha value is -2.45. The first-order valence-corrected chi connectivity index (χ1v) is 12.0. The molecule has 1 atom stereocenters. The van der Waals surface area contributed by atoms with E-state index in [0.29, 0.717) is 34.2 Å². The summed E-state index contributed by atoms with van der Waals surface area (Å²) >= 11 is 6.17. The highest BCUT2D eigenvalue weighted by Gasteiger charge is 2.35. The van der Waals surface area contributed by atoms with E-state index in [1.54, 1.807) is 38.3 Å². The third-order valence-corrected chi connectivity index (χ3v) is 6.74. The maximum atomic E-state index is 13.0. The van der Waals surface area contributed by atoms with Gasteiger partial charge >= 0.3 is 0 Å². The normalized spacial score (nSPS) is 17.3. The van der Waals surface area contributed by atoms with Crippen LogP contribution in [-0.4, -0.2) is 39.8 Å². The average Bonchev–Trinajstić information content (AvgIpc) is 2.66. The molecule has 1 heterocycles. The van der Waals surface area contributed by atoms with Gasteiger partial charge in [0.2, 0.25) is 15.9 Å². The van der Waals surface area contributed by atoms with Gasteiger partial charge in [0.15, 0.2) is 0 Å². The SMILES string of the molecule is COc1ccc2c(c1)C(NC(=O)CN(c1cccc(Cl)c1C)S(C)(=O)=O)CC(C)(C)O2. The highest BCUT2D eigenvalue weighted by Crippen LogP contribution is 2.41. The van der Waals surface area contributed by atoms with Crippen molar-refractivity contribution in [2.24, 2.45) is 0 Å². The standard InChI is InChI=1S/C22H27ClN2O5S/c1-14-17(23)7-6-8-19(14)25(31(5,27)28)13-21(26)24-18-12-22(2,3)30-20-10-9-15(29-4)11-16(18)20/h6-11,18H,12-13H2,1-5H3,(H,24,26). The Bertz CT molecular complexity index is 1100. The lowest BCUT2D eigenvalue weighted by atomic mass is 9.89. The third kappa shape index (κ3) is 5.25. The zero-order valence-corrected chi connectivity index (χ0v) is 19.8. The number of fused-ring (bicyclic) bond motifs is 1. The average molecular weight is 467 g/mol. The molecule has 1 aliphatic rings. The number of nitrogens with zero attached hydrogens (tertiary/aromatic N) is 1. The van der Waals surface area contributed by atoms with Crippen LogP contribution in [0.15, 0.2) is 36.4 Å². The quantitative estimate of drug-likeness (QED) is 0.699. The van der Waals surface area contributed by atoms with E-state index in [2.05, 4.69) is 5.32 Å². The predicted octanol–water partition coefficient (Wildman–Crippen LogP) is 3.84. The van der Waals surface area contributed by atoms with Gasteiger partial charge in [-0.3, -0.25) is 9.10 Å². The van der Waals surface area contributed by atoms with E-state index in [1.807, 2.05) is 26.0 Å². The molecule has 2 aromatic rings. The monoisotopic (exact) mass is 466 g/mol. The molecular formula is C22H27ClN2O5S. The van der Waals surface area contributed by atoms with E-state index in [0.717, 1.165) is 16.1 Å². The number of carbonyl (C=O) groups is 1. The van der Waals surface area contributed by atoms with Gasteiger partial charge in [0.1, 0.15) is 23.6 Å². The maximum absolute atomic E-state index is 13.0. The van der Waals surface area contributed by atoms with Crippen molar-refractivity contribution in [3.63, 3.8) is 0 Å². The van der Waals surface area contributed by atoms with Crippen LogP contribution in [0.25, 0.3) is 0 Å². The number of carbonyl (C=O) groups excluding carboxylic acids is 1. The first-order chi connectivity index (χ1) is 14.4. The lowest BCUT2D eigenvalue weighted by molar-refractivity contribution is -0.120. The molecule has 1 amide bonds. The highest BCUT2D eigenvalue weighted by atomic mass is 35.5. The molecule has 1 N–H and O–H groups in total. The van der Waals surface area contributed by atoms with Gasteiger partial charge in [0.05, 0.1) is 25.1 Å². The maximum Gasteiger partial charge on any atom is 0.241 e. The molecule has 0 spiro atoms. The van der Waals surface area contributed by atoms with E-state index in [-0.39, 0.29) is 12.6 Å². The Kier molecular flexibility index (Phi) is 6.43. The summed E-state index contributed by atoms with van der Waals surface area (Å²) in [5.74, 6) is 0.878. The molecule has 0 bridgehead atoms. The number of ether oxygens (including phenoxy) is 2. The van der Waals surface area contributed by atoms with Crippen molar-refractivity contribution in [1.82, 2.24) is 5.32 Å². The Morgan fingerprint density at radius 3 is 2.68 bits per heavy atom. The molecule has 9 heteroatoms. The van der Waals surface area contributed by atoms with Crippen LogP contribution in [0.5, 0.6) is 11.5 Å². The lowest BCUT2D eigenvalue weighted by Gasteiger charge is -2.38. The van der Waals surface area contributed by atoms with Crippen molar-refractivity contribution in [3.8, 4) is 11.5 Å². The number of sulfonamides is 1. The second-order valence-corrected chi connectivity index (χ2v) is 10.6. The Labute approximate surface area is 188 Å². The minimum atomic E-state index is -3.72. The summed E-state index contributed by atoms with van der Waals surface area (Å²) < 4.78 is 37.4. The minimum absolute atomic E-state index is 0.358. The second-order valence-electron chi connectivity index (χ2n) is 8.24. The highest BCUT2D eigenvalue weighted by molar-refractivity contribution is 7.92. The zero-order chi connectivity index (χ0) is 23.0. The van der Waals surface area contributed by atoms with E-state index in [9.17, 15) is 13.2 Å². The smallest absolute Gasteiger partial charge is 0.241 e. The van der Waals surface area contributed by atoms with E-state index in [1.165, 1.54) is 0 Å². The second kappa shape index (κ2) is 8.59. The summed E-state index contributed by atoms with van der Waals surface area (Å²) in [5, 5.41) is 3.40. The van der Waals surface area contributed by atoms with Gasteiger partial charge in [0, 0.05) is 17.0 Å². The lowest BCUT2D eigenvalue weighted by Crippen LogP contribution is -2.45. The summed E-state index contributed by atoms with van der Waals surface area (Å²) in [6.07, 6.45) is 1.59. The fourth-order valence-corrected chi connectivity index (χ4v) is 4.78. The van der Waals surface area contributed by atoms with Gasteiger partial charge in [0.25, 0.3) is 0 Å². The summed E-state index contributed by atoms with van der Waals surface area (Å²) in [7, 11) is -2.15. The summed E-state index contributed by atoms with van der Waals surface area (Å²) in [6.45, 7) is 5.24. The van der Waals surface area contributed by atoms with Gasteiger partial charge in [-0.05, 0) is 56.7 Å². The van der Waals surface area contributed by atoms with Crippen LogP contribution in [0, 0.1) is 6.92 Å². The van der Waals surface area contributed by atoms with Gasteiger partial charge in [-0.1, -0.05) is 17.7 Å². The molecule has 0 aliphatic carbocycles. The largest absolute Gasteiger partial charge is 0.497 e. The minimum Gasteiger partial charge on any atom is -0.497 e. The van der Waals surface area contributed by atoms with E-state index < -0.39 is 21.5 Å². The van der Waals surface area contributed by atoms with Crippen LogP contribution in [0.3, 0.4) is 0 Å². The molecule has 0 fully saturated rings. The number of benzene rings is 2. The van der Waals surface area contributed by atoms with Crippen molar-refractivity contribution in [1.29, 1.82) is 0 Å². The summed E-state index contributed by atoms with van der Waals surface area (Å²) in [6, 6.07) is 10.0. The molecule has 0 radical (unpaired) electrons. The first-order valence-electron chi connectivity index (χ1n) is 9.80. The van der Waals surface area contributed by atoms with Crippen LogP contribution >= 0.6 is 11.6 Å². The summed E-state index contributed by atoms with van der Waals surface area (Å²) in [4.78, 5) is 13.0. The molecule has 2 aromatic carbocycles. The molecule has 3 rings (SSSR count).